The standard InChI is InChI=1S/C16H16Br2/c1-10-4-5-11(2)14(8-10)16(18)13-7-6-12(3)15(17)9-13/h4-9,16H,1-3H3. The van der Waals surface area contributed by atoms with Crippen LogP contribution in [0.15, 0.2) is 40.9 Å². The summed E-state index contributed by atoms with van der Waals surface area (Å²) < 4.78 is 1.16. The first-order valence-electron chi connectivity index (χ1n) is 5.96. The predicted molar refractivity (Wildman–Crippen MR) is 85.6 cm³/mol. The van der Waals surface area contributed by atoms with Gasteiger partial charge in [-0.3, -0.25) is 0 Å². The summed E-state index contributed by atoms with van der Waals surface area (Å²) in [5, 5.41) is 0. The predicted octanol–water partition coefficient (Wildman–Crippen LogP) is 5.86. The number of rotatable bonds is 2. The Morgan fingerprint density at radius 2 is 1.56 bits per heavy atom. The van der Waals surface area contributed by atoms with Crippen molar-refractivity contribution in [1.82, 2.24) is 0 Å². The molecule has 94 valence electrons. The summed E-state index contributed by atoms with van der Waals surface area (Å²) in [4.78, 5) is 0.245. The third kappa shape index (κ3) is 2.86. The molecule has 0 saturated heterocycles. The number of alkyl halides is 1. The van der Waals surface area contributed by atoms with Gasteiger partial charge in [0.15, 0.2) is 0 Å². The monoisotopic (exact) mass is 366 g/mol. The zero-order valence-electron chi connectivity index (χ0n) is 10.8. The molecule has 2 aromatic rings. The number of benzene rings is 2. The molecular formula is C16H16Br2. The van der Waals surface area contributed by atoms with E-state index in [9.17, 15) is 0 Å². The first-order valence-corrected chi connectivity index (χ1v) is 7.67. The van der Waals surface area contributed by atoms with E-state index < -0.39 is 0 Å². The van der Waals surface area contributed by atoms with Crippen LogP contribution in [0.4, 0.5) is 0 Å². The molecule has 2 aromatic carbocycles. The van der Waals surface area contributed by atoms with E-state index in [1.54, 1.807) is 0 Å². The van der Waals surface area contributed by atoms with Gasteiger partial charge in [-0.15, -0.1) is 0 Å². The minimum absolute atomic E-state index is 0.245. The Bertz CT molecular complexity index is 573. The summed E-state index contributed by atoms with van der Waals surface area (Å²) in [7, 11) is 0. The van der Waals surface area contributed by atoms with E-state index in [4.69, 9.17) is 0 Å². The summed E-state index contributed by atoms with van der Waals surface area (Å²) in [5.74, 6) is 0. The Kier molecular flexibility index (Phi) is 4.29. The van der Waals surface area contributed by atoms with Gasteiger partial charge in [0.2, 0.25) is 0 Å². The first-order chi connectivity index (χ1) is 8.49. The van der Waals surface area contributed by atoms with Crippen LogP contribution >= 0.6 is 31.9 Å². The highest BCUT2D eigenvalue weighted by Crippen LogP contribution is 2.35. The van der Waals surface area contributed by atoms with Crippen molar-refractivity contribution in [3.05, 3.63) is 68.7 Å². The van der Waals surface area contributed by atoms with Crippen LogP contribution in [-0.4, -0.2) is 0 Å². The highest BCUT2D eigenvalue weighted by molar-refractivity contribution is 9.10. The van der Waals surface area contributed by atoms with Crippen LogP contribution in [0.3, 0.4) is 0 Å². The summed E-state index contributed by atoms with van der Waals surface area (Å²) in [6, 6.07) is 13.1. The van der Waals surface area contributed by atoms with Crippen LogP contribution in [0.5, 0.6) is 0 Å². The number of aryl methyl sites for hydroxylation is 3. The zero-order valence-corrected chi connectivity index (χ0v) is 14.0. The van der Waals surface area contributed by atoms with Crippen molar-refractivity contribution in [2.24, 2.45) is 0 Å². The lowest BCUT2D eigenvalue weighted by molar-refractivity contribution is 1.13. The molecule has 0 amide bonds. The molecule has 0 aliphatic heterocycles. The molecule has 0 aromatic heterocycles. The number of hydrogen-bond acceptors (Lipinski definition) is 0. The second-order valence-corrected chi connectivity index (χ2v) is 6.50. The highest BCUT2D eigenvalue weighted by Gasteiger charge is 2.13. The lowest BCUT2D eigenvalue weighted by atomic mass is 9.98. The molecule has 0 aliphatic rings. The van der Waals surface area contributed by atoms with Gasteiger partial charge in [0.25, 0.3) is 0 Å². The van der Waals surface area contributed by atoms with Gasteiger partial charge in [-0.25, -0.2) is 0 Å². The smallest absolute Gasteiger partial charge is 0.0647 e. The molecule has 0 N–H and O–H groups in total. The first kappa shape index (κ1) is 13.8. The van der Waals surface area contributed by atoms with Crippen molar-refractivity contribution in [2.45, 2.75) is 25.6 Å². The molecule has 18 heavy (non-hydrogen) atoms. The lowest BCUT2D eigenvalue weighted by Crippen LogP contribution is -1.97. The third-order valence-corrected chi connectivity index (χ3v) is 5.07. The minimum Gasteiger partial charge on any atom is -0.0786 e. The third-order valence-electron chi connectivity index (χ3n) is 3.20. The fourth-order valence-corrected chi connectivity index (χ4v) is 3.15. The summed E-state index contributed by atoms with van der Waals surface area (Å²) >= 11 is 7.42. The SMILES string of the molecule is Cc1ccc(C)c(C(Br)c2ccc(C)c(Br)c2)c1. The van der Waals surface area contributed by atoms with Crippen LogP contribution in [0.2, 0.25) is 0 Å². The van der Waals surface area contributed by atoms with E-state index >= 15 is 0 Å². The molecule has 0 heterocycles. The van der Waals surface area contributed by atoms with Crippen molar-refractivity contribution in [1.29, 1.82) is 0 Å². The van der Waals surface area contributed by atoms with Crippen LogP contribution in [-0.2, 0) is 0 Å². The fraction of sp³-hybridized carbons (Fsp3) is 0.250. The van der Waals surface area contributed by atoms with Crippen LogP contribution < -0.4 is 0 Å². The van der Waals surface area contributed by atoms with Crippen molar-refractivity contribution in [3.63, 3.8) is 0 Å². The fourth-order valence-electron chi connectivity index (χ4n) is 1.98. The number of hydrogen-bond donors (Lipinski definition) is 0. The molecule has 1 atom stereocenters. The molecular weight excluding hydrogens is 352 g/mol. The van der Waals surface area contributed by atoms with Crippen LogP contribution in [0, 0.1) is 20.8 Å². The van der Waals surface area contributed by atoms with E-state index in [0.29, 0.717) is 0 Å². The van der Waals surface area contributed by atoms with Crippen molar-refractivity contribution >= 4 is 31.9 Å². The zero-order chi connectivity index (χ0) is 13.3. The average Bonchev–Trinajstić information content (AvgIpc) is 2.35. The van der Waals surface area contributed by atoms with Gasteiger partial charge in [0, 0.05) is 4.47 Å². The van der Waals surface area contributed by atoms with Crippen molar-refractivity contribution in [2.75, 3.05) is 0 Å². The number of halogens is 2. The molecule has 0 saturated carbocycles. The lowest BCUT2D eigenvalue weighted by Gasteiger charge is -2.15. The summed E-state index contributed by atoms with van der Waals surface area (Å²) in [6.07, 6.45) is 0. The Labute approximate surface area is 126 Å². The Morgan fingerprint density at radius 3 is 2.22 bits per heavy atom. The maximum atomic E-state index is 3.82. The maximum absolute atomic E-state index is 3.82. The molecule has 0 spiro atoms. The topological polar surface area (TPSA) is 0 Å². The van der Waals surface area contributed by atoms with Gasteiger partial charge in [0.05, 0.1) is 4.83 Å². The van der Waals surface area contributed by atoms with Crippen molar-refractivity contribution < 1.29 is 0 Å². The molecule has 2 rings (SSSR count). The van der Waals surface area contributed by atoms with Crippen molar-refractivity contribution in [3.8, 4) is 0 Å². The van der Waals surface area contributed by atoms with Crippen LogP contribution in [0.1, 0.15) is 32.6 Å². The average molecular weight is 368 g/mol. The van der Waals surface area contributed by atoms with Gasteiger partial charge in [-0.1, -0.05) is 67.8 Å². The van der Waals surface area contributed by atoms with E-state index in [0.717, 1.165) is 4.47 Å². The molecule has 0 aliphatic carbocycles. The quantitative estimate of drug-likeness (QED) is 0.583. The summed E-state index contributed by atoms with van der Waals surface area (Å²) in [5.41, 5.74) is 6.50. The maximum Gasteiger partial charge on any atom is 0.0647 e. The summed E-state index contributed by atoms with van der Waals surface area (Å²) in [6.45, 7) is 6.40. The molecule has 2 heteroatoms. The van der Waals surface area contributed by atoms with Gasteiger partial charge in [-0.05, 0) is 49.1 Å². The molecule has 0 fully saturated rings. The van der Waals surface area contributed by atoms with Gasteiger partial charge >= 0.3 is 0 Å². The Morgan fingerprint density at radius 1 is 0.889 bits per heavy atom. The molecule has 0 nitrogen and oxygen atoms in total. The highest BCUT2D eigenvalue weighted by atomic mass is 79.9. The second kappa shape index (κ2) is 5.58. The minimum atomic E-state index is 0.245. The molecule has 0 radical (unpaired) electrons. The van der Waals surface area contributed by atoms with Gasteiger partial charge in [0.1, 0.15) is 0 Å². The largest absolute Gasteiger partial charge is 0.0786 e. The molecule has 0 bridgehead atoms. The normalized spacial score (nSPS) is 12.5. The van der Waals surface area contributed by atoms with E-state index in [1.807, 2.05) is 0 Å². The van der Waals surface area contributed by atoms with Crippen LogP contribution in [0.25, 0.3) is 0 Å². The Hall–Kier alpha value is -0.600. The van der Waals surface area contributed by atoms with E-state index in [2.05, 4.69) is 89.0 Å². The Balaban J connectivity index is 2.44. The van der Waals surface area contributed by atoms with E-state index in [1.165, 1.54) is 27.8 Å². The van der Waals surface area contributed by atoms with Gasteiger partial charge < -0.3 is 0 Å². The van der Waals surface area contributed by atoms with E-state index in [-0.39, 0.29) is 4.83 Å². The second-order valence-electron chi connectivity index (χ2n) is 4.73. The molecule has 1 unspecified atom stereocenters. The van der Waals surface area contributed by atoms with Gasteiger partial charge in [-0.2, -0.15) is 0 Å².